The first kappa shape index (κ1) is 14.7. The van der Waals surface area contributed by atoms with Crippen LogP contribution in [-0.4, -0.2) is 10.8 Å². The van der Waals surface area contributed by atoms with E-state index in [1.807, 2.05) is 30.3 Å². The van der Waals surface area contributed by atoms with E-state index in [2.05, 4.69) is 37.8 Å². The van der Waals surface area contributed by atoms with Gasteiger partial charge in [0.05, 0.1) is 10.4 Å². The predicted molar refractivity (Wildman–Crippen MR) is 95.2 cm³/mol. The fourth-order valence-corrected chi connectivity index (χ4v) is 4.70. The zero-order valence-corrected chi connectivity index (χ0v) is 14.8. The van der Waals surface area contributed by atoms with E-state index >= 15 is 0 Å². The number of aromatic nitrogens is 1. The molecule has 3 rings (SSSR count). The van der Waals surface area contributed by atoms with Crippen molar-refractivity contribution in [3.05, 3.63) is 38.9 Å². The van der Waals surface area contributed by atoms with Crippen molar-refractivity contribution >= 4 is 71.3 Å². The first-order chi connectivity index (χ1) is 10.1. The lowest BCUT2D eigenvalue weighted by atomic mass is 10.1. The second-order valence-electron chi connectivity index (χ2n) is 4.47. The summed E-state index contributed by atoms with van der Waals surface area (Å²) in [6.07, 6.45) is 0.461. The van der Waals surface area contributed by atoms with Crippen LogP contribution < -0.4 is 0 Å². The molecule has 106 valence electrons. The third kappa shape index (κ3) is 3.72. The van der Waals surface area contributed by atoms with Gasteiger partial charge in [-0.25, -0.2) is 4.98 Å². The minimum absolute atomic E-state index is 0.158. The van der Waals surface area contributed by atoms with Crippen LogP contribution in [0.1, 0.15) is 12.5 Å². The Labute approximate surface area is 143 Å². The monoisotopic (exact) mass is 427 g/mol. The highest BCUT2D eigenvalue weighted by Gasteiger charge is 2.06. The fraction of sp³-hybridized carbons (Fsp3) is 0.143. The van der Waals surface area contributed by atoms with Gasteiger partial charge in [0.15, 0.2) is 3.01 Å². The maximum Gasteiger partial charge on any atom is 0.156 e. The van der Waals surface area contributed by atoms with Crippen molar-refractivity contribution in [2.24, 2.45) is 10.2 Å². The number of hydrogen-bond acceptors (Lipinski definition) is 6. The molecular weight excluding hydrogens is 417 g/mol. The molecule has 0 saturated heterocycles. The lowest BCUT2D eigenvalue weighted by Gasteiger charge is -1.97. The van der Waals surface area contributed by atoms with E-state index in [0.29, 0.717) is 6.42 Å². The average Bonchev–Trinajstić information content (AvgIpc) is 2.94. The van der Waals surface area contributed by atoms with Gasteiger partial charge in [-0.15, -0.1) is 21.6 Å². The molecule has 3 aromatic rings. The number of thiazole rings is 1. The maximum atomic E-state index is 11.0. The molecular formula is C14H10IN3OS2. The second-order valence-corrected chi connectivity index (χ2v) is 8.26. The van der Waals surface area contributed by atoms with Crippen LogP contribution in [0.2, 0.25) is 0 Å². The van der Waals surface area contributed by atoms with Crippen LogP contribution in [0.5, 0.6) is 0 Å². The summed E-state index contributed by atoms with van der Waals surface area (Å²) in [4.78, 5) is 16.5. The van der Waals surface area contributed by atoms with Crippen LogP contribution in [0.3, 0.4) is 0 Å². The van der Waals surface area contributed by atoms with E-state index < -0.39 is 0 Å². The van der Waals surface area contributed by atoms with Gasteiger partial charge in [-0.3, -0.25) is 4.79 Å². The van der Waals surface area contributed by atoms with E-state index in [1.54, 1.807) is 18.3 Å². The van der Waals surface area contributed by atoms with Crippen LogP contribution in [-0.2, 0) is 11.2 Å². The third-order valence-electron chi connectivity index (χ3n) is 2.70. The van der Waals surface area contributed by atoms with Crippen molar-refractivity contribution in [1.82, 2.24) is 4.98 Å². The number of fused-ring (bicyclic) bond motifs is 1. The minimum atomic E-state index is 0.158. The summed E-state index contributed by atoms with van der Waals surface area (Å²) in [5.41, 5.74) is 1.78. The number of nitrogens with zero attached hydrogens (tertiary/aromatic N) is 3. The van der Waals surface area contributed by atoms with Crippen molar-refractivity contribution in [1.29, 1.82) is 0 Å². The van der Waals surface area contributed by atoms with Gasteiger partial charge in [0, 0.05) is 6.42 Å². The molecule has 0 aliphatic heterocycles. The number of azo groups is 1. The molecule has 2 heterocycles. The number of benzene rings is 1. The van der Waals surface area contributed by atoms with Crippen LogP contribution in [0.4, 0.5) is 10.7 Å². The zero-order valence-electron chi connectivity index (χ0n) is 11.0. The molecule has 7 heteroatoms. The number of carbonyl (C=O) groups excluding carboxylic acids is 1. The smallest absolute Gasteiger partial charge is 0.156 e. The van der Waals surface area contributed by atoms with E-state index in [4.69, 9.17) is 0 Å². The van der Waals surface area contributed by atoms with E-state index in [0.717, 1.165) is 28.8 Å². The summed E-state index contributed by atoms with van der Waals surface area (Å²) in [5.74, 6) is 0.158. The number of Topliss-reactive ketones (excluding diaryl/α,β-unsaturated/α-hetero) is 1. The SMILES string of the molecule is CC(=O)Cc1ccc(N=Nc2cc3sc(I)nc3s2)cc1. The Morgan fingerprint density at radius 3 is 2.67 bits per heavy atom. The number of carbonyl (C=O) groups is 1. The Hall–Kier alpha value is -1.19. The molecule has 0 spiro atoms. The number of rotatable bonds is 4. The number of thiophene rings is 1. The summed E-state index contributed by atoms with van der Waals surface area (Å²) in [6, 6.07) is 9.57. The summed E-state index contributed by atoms with van der Waals surface area (Å²) >= 11 is 5.41. The molecule has 0 atom stereocenters. The summed E-state index contributed by atoms with van der Waals surface area (Å²) in [6.45, 7) is 1.59. The molecule has 0 radical (unpaired) electrons. The molecule has 0 bridgehead atoms. The standard InChI is InChI=1S/C14H10IN3OS2/c1-8(19)6-9-2-4-10(5-3-9)17-18-12-7-11-13(21-12)16-14(15)20-11/h2-5,7H,6H2,1H3. The van der Waals surface area contributed by atoms with E-state index in [-0.39, 0.29) is 5.78 Å². The van der Waals surface area contributed by atoms with Gasteiger partial charge >= 0.3 is 0 Å². The Morgan fingerprint density at radius 2 is 2.00 bits per heavy atom. The van der Waals surface area contributed by atoms with Crippen LogP contribution in [0.25, 0.3) is 9.53 Å². The van der Waals surface area contributed by atoms with Gasteiger partial charge in [-0.2, -0.15) is 0 Å². The van der Waals surface area contributed by atoms with E-state index in [9.17, 15) is 4.79 Å². The van der Waals surface area contributed by atoms with Gasteiger partial charge in [0.1, 0.15) is 15.6 Å². The summed E-state index contributed by atoms with van der Waals surface area (Å²) in [5, 5.41) is 9.32. The van der Waals surface area contributed by atoms with Crippen molar-refractivity contribution in [2.45, 2.75) is 13.3 Å². The third-order valence-corrected chi connectivity index (χ3v) is 5.44. The maximum absolute atomic E-state index is 11.0. The average molecular weight is 427 g/mol. The Kier molecular flexibility index (Phi) is 4.41. The molecule has 0 unspecified atom stereocenters. The first-order valence-electron chi connectivity index (χ1n) is 6.16. The highest BCUT2D eigenvalue weighted by Crippen LogP contribution is 2.36. The van der Waals surface area contributed by atoms with Gasteiger partial charge in [0.25, 0.3) is 0 Å². The van der Waals surface area contributed by atoms with Crippen LogP contribution in [0.15, 0.2) is 40.6 Å². The summed E-state index contributed by atoms with van der Waals surface area (Å²) in [7, 11) is 0. The molecule has 0 aliphatic rings. The molecule has 1 aromatic carbocycles. The van der Waals surface area contributed by atoms with Crippen LogP contribution in [0, 0.1) is 3.01 Å². The first-order valence-corrected chi connectivity index (χ1v) is 8.87. The van der Waals surface area contributed by atoms with Gasteiger partial charge in [0.2, 0.25) is 0 Å². The van der Waals surface area contributed by atoms with Gasteiger partial charge in [-0.05, 0) is 53.3 Å². The van der Waals surface area contributed by atoms with Crippen molar-refractivity contribution in [3.8, 4) is 0 Å². The number of ketones is 1. The van der Waals surface area contributed by atoms with Gasteiger partial charge < -0.3 is 0 Å². The van der Waals surface area contributed by atoms with Crippen molar-refractivity contribution < 1.29 is 4.79 Å². The van der Waals surface area contributed by atoms with Crippen molar-refractivity contribution in [3.63, 3.8) is 0 Å². The Morgan fingerprint density at radius 1 is 1.24 bits per heavy atom. The highest BCUT2D eigenvalue weighted by molar-refractivity contribution is 14.1. The predicted octanol–water partition coefficient (Wildman–Crippen LogP) is 5.51. The molecule has 4 nitrogen and oxygen atoms in total. The highest BCUT2D eigenvalue weighted by atomic mass is 127. The Bertz CT molecular complexity index is 789. The largest absolute Gasteiger partial charge is 0.300 e. The topological polar surface area (TPSA) is 54.7 Å². The molecule has 0 saturated carbocycles. The quantitative estimate of drug-likeness (QED) is 0.407. The Balaban J connectivity index is 1.75. The molecule has 0 aliphatic carbocycles. The van der Waals surface area contributed by atoms with Crippen molar-refractivity contribution in [2.75, 3.05) is 0 Å². The molecule has 0 N–H and O–H groups in total. The fourth-order valence-electron chi connectivity index (χ4n) is 1.82. The second kappa shape index (κ2) is 6.29. The van der Waals surface area contributed by atoms with E-state index in [1.165, 1.54) is 11.3 Å². The zero-order chi connectivity index (χ0) is 14.8. The number of hydrogen-bond donors (Lipinski definition) is 0. The lowest BCUT2D eigenvalue weighted by molar-refractivity contribution is -0.116. The van der Waals surface area contributed by atoms with Crippen LogP contribution >= 0.6 is 45.3 Å². The lowest BCUT2D eigenvalue weighted by Crippen LogP contribution is -1.94. The minimum Gasteiger partial charge on any atom is -0.300 e. The number of halogens is 1. The molecule has 2 aromatic heterocycles. The molecule has 0 amide bonds. The molecule has 21 heavy (non-hydrogen) atoms. The molecule has 0 fully saturated rings. The van der Waals surface area contributed by atoms with Gasteiger partial charge in [-0.1, -0.05) is 23.5 Å². The normalized spacial score (nSPS) is 11.5. The summed E-state index contributed by atoms with van der Waals surface area (Å²) < 4.78 is 2.19.